The molecule has 2 aliphatic heterocycles. The van der Waals surface area contributed by atoms with Crippen LogP contribution in [0.4, 0.5) is 18.9 Å². The van der Waals surface area contributed by atoms with E-state index in [4.69, 9.17) is 0 Å². The zero-order valence-electron chi connectivity index (χ0n) is 20.7. The minimum absolute atomic E-state index is 0.0233. The Bertz CT molecular complexity index is 1200. The number of carbonyl (C=O) groups is 2. The number of benzene rings is 2. The van der Waals surface area contributed by atoms with Gasteiger partial charge in [0.25, 0.3) is 5.91 Å². The van der Waals surface area contributed by atoms with E-state index in [1.54, 1.807) is 37.4 Å². The quantitative estimate of drug-likeness (QED) is 0.338. The molecule has 4 rings (SSSR count). The van der Waals surface area contributed by atoms with Crippen LogP contribution in [-0.2, 0) is 17.0 Å². The summed E-state index contributed by atoms with van der Waals surface area (Å²) in [6.45, 7) is -0.0462. The summed E-state index contributed by atoms with van der Waals surface area (Å²) in [6, 6.07) is 10.8. The number of anilines is 1. The first-order chi connectivity index (χ1) is 17.8. The van der Waals surface area contributed by atoms with Crippen molar-refractivity contribution in [3.63, 3.8) is 0 Å². The highest BCUT2D eigenvalue weighted by molar-refractivity contribution is 8.25. The van der Waals surface area contributed by atoms with Crippen molar-refractivity contribution in [1.82, 2.24) is 15.1 Å². The normalized spacial score (nSPS) is 20.3. The largest absolute Gasteiger partial charge is 0.405 e. The third-order valence-electron chi connectivity index (χ3n) is 6.68. The zero-order chi connectivity index (χ0) is 27.7. The molecule has 2 aromatic carbocycles. The Kier molecular flexibility index (Phi) is 8.23. The number of likely N-dealkylation sites (tertiary alicyclic amines) is 1. The lowest BCUT2D eigenvalue weighted by Crippen LogP contribution is -2.40. The van der Waals surface area contributed by atoms with Crippen molar-refractivity contribution in [2.24, 2.45) is 0 Å². The monoisotopic (exact) mass is 556 g/mol. The van der Waals surface area contributed by atoms with Gasteiger partial charge in [-0.2, -0.15) is 13.2 Å². The molecule has 38 heavy (non-hydrogen) atoms. The molecule has 1 fully saturated rings. The summed E-state index contributed by atoms with van der Waals surface area (Å²) >= 11 is 0. The van der Waals surface area contributed by atoms with Gasteiger partial charge in [-0.3, -0.25) is 28.3 Å². The van der Waals surface area contributed by atoms with Gasteiger partial charge in [0.1, 0.15) is 6.54 Å². The van der Waals surface area contributed by atoms with Crippen molar-refractivity contribution in [2.45, 2.75) is 36.9 Å². The van der Waals surface area contributed by atoms with E-state index in [-0.39, 0.29) is 23.6 Å². The number of carbonyl (C=O) groups excluding carboxylic acids is 2. The molecule has 2 atom stereocenters. The van der Waals surface area contributed by atoms with Crippen molar-refractivity contribution in [3.8, 4) is 0 Å². The first kappa shape index (κ1) is 28.2. The maximum absolute atomic E-state index is 13.4. The van der Waals surface area contributed by atoms with E-state index in [1.165, 1.54) is 17.0 Å². The molecule has 2 aliphatic rings. The van der Waals surface area contributed by atoms with Crippen LogP contribution >= 0.6 is 10.8 Å². The van der Waals surface area contributed by atoms with Crippen LogP contribution < -0.4 is 10.0 Å². The SMILES string of the molecule is CN(C(=O)Cc1ccc2c(c1)NS(O)(O)C2)[C@H](CN1CCC(O)C1)c1cccc(C(=O)NCC(F)(F)F)c1. The van der Waals surface area contributed by atoms with E-state index in [0.29, 0.717) is 42.9 Å². The van der Waals surface area contributed by atoms with E-state index in [1.807, 2.05) is 10.2 Å². The molecule has 1 unspecified atom stereocenters. The Balaban J connectivity index is 1.53. The van der Waals surface area contributed by atoms with Crippen molar-refractivity contribution in [1.29, 1.82) is 0 Å². The minimum atomic E-state index is -4.54. The molecule has 0 bridgehead atoms. The lowest BCUT2D eigenvalue weighted by Gasteiger charge is -2.32. The van der Waals surface area contributed by atoms with Crippen molar-refractivity contribution in [3.05, 3.63) is 64.7 Å². The topological polar surface area (TPSA) is 125 Å². The van der Waals surface area contributed by atoms with Gasteiger partial charge in [0, 0.05) is 32.2 Å². The van der Waals surface area contributed by atoms with Gasteiger partial charge in [0.15, 0.2) is 0 Å². The fraction of sp³-hybridized carbons (Fsp3) is 0.440. The number of alkyl halides is 3. The van der Waals surface area contributed by atoms with Gasteiger partial charge in [-0.25, -0.2) is 0 Å². The summed E-state index contributed by atoms with van der Waals surface area (Å²) in [4.78, 5) is 29.3. The third kappa shape index (κ3) is 7.17. The zero-order valence-corrected chi connectivity index (χ0v) is 21.6. The van der Waals surface area contributed by atoms with Gasteiger partial charge >= 0.3 is 6.18 Å². The number of hydrogen-bond acceptors (Lipinski definition) is 7. The predicted octanol–water partition coefficient (Wildman–Crippen LogP) is 3.38. The number of amides is 2. The third-order valence-corrected chi connectivity index (χ3v) is 7.94. The molecule has 2 aromatic rings. The second-order valence-corrected chi connectivity index (χ2v) is 11.6. The van der Waals surface area contributed by atoms with Crippen molar-refractivity contribution in [2.75, 3.05) is 37.9 Å². The highest BCUT2D eigenvalue weighted by Crippen LogP contribution is 2.50. The van der Waals surface area contributed by atoms with Gasteiger partial charge in [0.2, 0.25) is 5.91 Å². The molecule has 208 valence electrons. The molecule has 2 heterocycles. The first-order valence-corrected chi connectivity index (χ1v) is 13.8. The molecule has 13 heteroatoms. The van der Waals surface area contributed by atoms with Crippen LogP contribution in [-0.4, -0.2) is 81.3 Å². The van der Waals surface area contributed by atoms with E-state index in [0.717, 1.165) is 5.56 Å². The molecule has 0 spiro atoms. The Hall–Kier alpha value is -2.84. The maximum atomic E-state index is 13.4. The highest BCUT2D eigenvalue weighted by Gasteiger charge is 2.31. The molecule has 0 aromatic heterocycles. The van der Waals surface area contributed by atoms with Gasteiger partial charge in [-0.05, 0) is 41.3 Å². The smallest absolute Gasteiger partial charge is 0.392 e. The van der Waals surface area contributed by atoms with Crippen LogP contribution in [0.1, 0.15) is 39.5 Å². The van der Waals surface area contributed by atoms with Gasteiger partial charge < -0.3 is 15.3 Å². The lowest BCUT2D eigenvalue weighted by atomic mass is 10.0. The van der Waals surface area contributed by atoms with Crippen LogP contribution in [0.2, 0.25) is 0 Å². The number of rotatable bonds is 8. The molecule has 5 N–H and O–H groups in total. The van der Waals surface area contributed by atoms with Crippen LogP contribution in [0, 0.1) is 0 Å². The Morgan fingerprint density at radius 3 is 2.68 bits per heavy atom. The molecule has 0 radical (unpaired) electrons. The molecule has 2 amide bonds. The van der Waals surface area contributed by atoms with Crippen molar-refractivity contribution >= 4 is 28.3 Å². The highest BCUT2D eigenvalue weighted by atomic mass is 32.3. The predicted molar refractivity (Wildman–Crippen MR) is 138 cm³/mol. The molecule has 0 aliphatic carbocycles. The second kappa shape index (κ2) is 11.1. The summed E-state index contributed by atoms with van der Waals surface area (Å²) in [5.41, 5.74) is 2.61. The number of fused-ring (bicyclic) bond motifs is 1. The molecular weight excluding hydrogens is 525 g/mol. The number of hydrogen-bond donors (Lipinski definition) is 5. The van der Waals surface area contributed by atoms with Crippen LogP contribution in [0.15, 0.2) is 42.5 Å². The van der Waals surface area contributed by atoms with Gasteiger partial charge in [-0.1, -0.05) is 24.3 Å². The molecule has 1 saturated heterocycles. The van der Waals surface area contributed by atoms with E-state index in [9.17, 15) is 37.0 Å². The summed E-state index contributed by atoms with van der Waals surface area (Å²) in [7, 11) is -1.30. The summed E-state index contributed by atoms with van der Waals surface area (Å²) in [5, 5.41) is 11.8. The van der Waals surface area contributed by atoms with Crippen molar-refractivity contribution < 1.29 is 37.0 Å². The lowest BCUT2D eigenvalue weighted by molar-refractivity contribution is -0.131. The average molecular weight is 557 g/mol. The van der Waals surface area contributed by atoms with Crippen LogP contribution in [0.25, 0.3) is 0 Å². The van der Waals surface area contributed by atoms with Crippen LogP contribution in [0.3, 0.4) is 0 Å². The first-order valence-electron chi connectivity index (χ1n) is 12.1. The fourth-order valence-corrected chi connectivity index (χ4v) is 6.00. The van der Waals surface area contributed by atoms with Crippen LogP contribution in [0.5, 0.6) is 0 Å². The van der Waals surface area contributed by atoms with E-state index in [2.05, 4.69) is 4.72 Å². The standard InChI is InChI=1S/C25H31F3N4O5S/c1-31(23(34)10-16-5-6-19-14-38(36,37)30-21(19)9-16)22(13-32-8-7-20(33)12-32)17-3-2-4-18(11-17)24(35)29-15-25(26,27)28/h2-6,9,11,20,22,30,33,36-37H,7-8,10,12-15H2,1H3,(H,29,35)/t20?,22-/m1/s1. The molecule has 0 saturated carbocycles. The summed E-state index contributed by atoms with van der Waals surface area (Å²) in [6.07, 6.45) is -4.41. The van der Waals surface area contributed by atoms with Gasteiger partial charge in [-0.15, -0.1) is 10.8 Å². The number of halogens is 3. The minimum Gasteiger partial charge on any atom is -0.392 e. The number of nitrogens with zero attached hydrogens (tertiary/aromatic N) is 2. The molecular formula is C25H31F3N4O5S. The number of β-amino-alcohol motifs (C(OH)–C–C–N with tert-alkyl or cyclic N) is 1. The average Bonchev–Trinajstić information content (AvgIpc) is 3.40. The number of aliphatic hydroxyl groups is 1. The summed E-state index contributed by atoms with van der Waals surface area (Å²) in [5.74, 6) is -1.01. The number of nitrogens with one attached hydrogen (secondary N) is 2. The number of likely N-dealkylation sites (N-methyl/N-ethyl adjacent to an activating group) is 1. The Morgan fingerprint density at radius 2 is 2.00 bits per heavy atom. The number of aliphatic hydroxyl groups excluding tert-OH is 1. The van der Waals surface area contributed by atoms with E-state index < -0.39 is 41.5 Å². The second-order valence-electron chi connectivity index (χ2n) is 9.73. The molecule has 9 nitrogen and oxygen atoms in total. The van der Waals surface area contributed by atoms with E-state index >= 15 is 0 Å². The summed E-state index contributed by atoms with van der Waals surface area (Å²) < 4.78 is 60.2. The Labute approximate surface area is 220 Å². The fourth-order valence-electron chi connectivity index (χ4n) is 4.70. The van der Waals surface area contributed by atoms with Gasteiger partial charge in [0.05, 0.1) is 30.0 Å². The maximum Gasteiger partial charge on any atom is 0.405 e. The Morgan fingerprint density at radius 1 is 1.24 bits per heavy atom.